The minimum Gasteiger partial charge on any atom is -0.489 e. The first-order valence-electron chi connectivity index (χ1n) is 10.7. The number of ether oxygens (including phenoxy) is 1. The van der Waals surface area contributed by atoms with Crippen LogP contribution in [0.2, 0.25) is 0 Å². The molecular weight excluding hydrogens is 376 g/mol. The van der Waals surface area contributed by atoms with Crippen molar-refractivity contribution in [3.8, 4) is 5.75 Å². The van der Waals surface area contributed by atoms with Crippen molar-refractivity contribution in [3.63, 3.8) is 0 Å². The van der Waals surface area contributed by atoms with Gasteiger partial charge in [0.1, 0.15) is 12.4 Å². The van der Waals surface area contributed by atoms with Crippen molar-refractivity contribution in [2.75, 3.05) is 0 Å². The Morgan fingerprint density at radius 2 is 2.00 bits per heavy atom. The summed E-state index contributed by atoms with van der Waals surface area (Å²) in [5.74, 6) is -0.150. The van der Waals surface area contributed by atoms with Crippen LogP contribution in [0.5, 0.6) is 5.75 Å². The number of rotatable bonds is 8. The molecule has 2 aromatic carbocycles. The van der Waals surface area contributed by atoms with E-state index in [9.17, 15) is 4.79 Å². The van der Waals surface area contributed by atoms with Gasteiger partial charge in [0.25, 0.3) is 0 Å². The van der Waals surface area contributed by atoms with Crippen molar-refractivity contribution in [2.24, 2.45) is 0 Å². The Bertz CT molecular complexity index is 1030. The van der Waals surface area contributed by atoms with Crippen molar-refractivity contribution in [3.05, 3.63) is 71.9 Å². The standard InChI is InChI=1S/C25H28N2O3/c1-2-5-20(15-25(28)29)19-10-12-23(13-11-19)30-17-18-8-9-21-16-26-27(24(21)14-18)22-6-3-4-7-22/h2,5,8-14,16,20,22H,3-4,6-7,15,17H2,1H3,(H,28,29)/t20-/m1/s1. The minimum absolute atomic E-state index is 0.0826. The van der Waals surface area contributed by atoms with Crippen molar-refractivity contribution in [1.82, 2.24) is 9.78 Å². The van der Waals surface area contributed by atoms with Crippen LogP contribution in [0.1, 0.15) is 62.1 Å². The fraction of sp³-hybridized carbons (Fsp3) is 0.360. The van der Waals surface area contributed by atoms with E-state index in [-0.39, 0.29) is 12.3 Å². The average molecular weight is 405 g/mol. The van der Waals surface area contributed by atoms with Crippen LogP contribution in [0.15, 0.2) is 60.8 Å². The lowest BCUT2D eigenvalue weighted by molar-refractivity contribution is -0.137. The topological polar surface area (TPSA) is 64.3 Å². The number of aromatic nitrogens is 2. The van der Waals surface area contributed by atoms with Crippen LogP contribution < -0.4 is 4.74 Å². The van der Waals surface area contributed by atoms with Gasteiger partial charge < -0.3 is 9.84 Å². The largest absolute Gasteiger partial charge is 0.489 e. The molecule has 156 valence electrons. The molecule has 1 atom stereocenters. The van der Waals surface area contributed by atoms with Crippen molar-refractivity contribution < 1.29 is 14.6 Å². The van der Waals surface area contributed by atoms with E-state index in [1.807, 2.05) is 49.5 Å². The number of carboxylic acid groups (broad SMARTS) is 1. The second-order valence-corrected chi connectivity index (χ2v) is 8.01. The van der Waals surface area contributed by atoms with E-state index in [0.29, 0.717) is 12.6 Å². The van der Waals surface area contributed by atoms with Gasteiger partial charge in [-0.25, -0.2) is 0 Å². The van der Waals surface area contributed by atoms with Gasteiger partial charge in [-0.05, 0) is 49.1 Å². The third-order valence-corrected chi connectivity index (χ3v) is 5.87. The van der Waals surface area contributed by atoms with Crippen LogP contribution >= 0.6 is 0 Å². The summed E-state index contributed by atoms with van der Waals surface area (Å²) in [6, 6.07) is 14.6. The molecule has 0 saturated heterocycles. The second kappa shape index (κ2) is 9.16. The molecule has 0 bridgehead atoms. The zero-order chi connectivity index (χ0) is 20.9. The van der Waals surface area contributed by atoms with Crippen LogP contribution in [0.3, 0.4) is 0 Å². The summed E-state index contributed by atoms with van der Waals surface area (Å²) in [7, 11) is 0. The molecule has 0 spiro atoms. The number of benzene rings is 2. The quantitative estimate of drug-likeness (QED) is 0.477. The molecule has 5 nitrogen and oxygen atoms in total. The summed E-state index contributed by atoms with van der Waals surface area (Å²) in [5.41, 5.74) is 3.27. The van der Waals surface area contributed by atoms with Gasteiger partial charge in [-0.2, -0.15) is 5.10 Å². The average Bonchev–Trinajstić information content (AvgIpc) is 3.41. The summed E-state index contributed by atoms with van der Waals surface area (Å²) in [5, 5.41) is 14.9. The van der Waals surface area contributed by atoms with Gasteiger partial charge in [0, 0.05) is 11.3 Å². The molecule has 1 aliphatic rings. The maximum absolute atomic E-state index is 11.1. The highest BCUT2D eigenvalue weighted by Gasteiger charge is 2.19. The number of carbonyl (C=O) groups is 1. The first kappa shape index (κ1) is 20.2. The highest BCUT2D eigenvalue weighted by atomic mass is 16.5. The smallest absolute Gasteiger partial charge is 0.304 e. The van der Waals surface area contributed by atoms with E-state index in [1.54, 1.807) is 0 Å². The summed E-state index contributed by atoms with van der Waals surface area (Å²) in [6.45, 7) is 2.39. The predicted octanol–water partition coefficient (Wildman–Crippen LogP) is 5.86. The van der Waals surface area contributed by atoms with Crippen molar-refractivity contribution in [1.29, 1.82) is 0 Å². The maximum atomic E-state index is 11.1. The van der Waals surface area contributed by atoms with Gasteiger partial charge in [-0.15, -0.1) is 0 Å². The van der Waals surface area contributed by atoms with Gasteiger partial charge in [0.15, 0.2) is 0 Å². The molecule has 1 aromatic heterocycles. The van der Waals surface area contributed by atoms with Crippen LogP contribution in [-0.2, 0) is 11.4 Å². The molecule has 1 saturated carbocycles. The lowest BCUT2D eigenvalue weighted by Gasteiger charge is -2.13. The van der Waals surface area contributed by atoms with Gasteiger partial charge in [-0.1, -0.05) is 49.3 Å². The van der Waals surface area contributed by atoms with Crippen molar-refractivity contribution >= 4 is 16.9 Å². The number of aliphatic carboxylic acids is 1. The Morgan fingerprint density at radius 1 is 1.23 bits per heavy atom. The molecule has 0 aliphatic heterocycles. The van der Waals surface area contributed by atoms with Gasteiger partial charge in [-0.3, -0.25) is 9.48 Å². The zero-order valence-corrected chi connectivity index (χ0v) is 17.3. The predicted molar refractivity (Wildman–Crippen MR) is 118 cm³/mol. The maximum Gasteiger partial charge on any atom is 0.304 e. The Labute approximate surface area is 177 Å². The van der Waals surface area contributed by atoms with E-state index in [4.69, 9.17) is 9.84 Å². The molecule has 30 heavy (non-hydrogen) atoms. The molecule has 0 unspecified atom stereocenters. The van der Waals surface area contributed by atoms with E-state index in [2.05, 4.69) is 28.0 Å². The number of nitrogens with zero attached hydrogens (tertiary/aromatic N) is 2. The molecular formula is C25H28N2O3. The van der Waals surface area contributed by atoms with E-state index >= 15 is 0 Å². The monoisotopic (exact) mass is 404 g/mol. The minimum atomic E-state index is -0.800. The fourth-order valence-electron chi connectivity index (χ4n) is 4.31. The lowest BCUT2D eigenvalue weighted by atomic mass is 9.95. The molecule has 1 aliphatic carbocycles. The number of hydrogen-bond donors (Lipinski definition) is 1. The summed E-state index contributed by atoms with van der Waals surface area (Å²) >= 11 is 0. The van der Waals surface area contributed by atoms with Crippen molar-refractivity contribution in [2.45, 2.75) is 57.6 Å². The van der Waals surface area contributed by atoms with Gasteiger partial charge in [0.2, 0.25) is 0 Å². The van der Waals surface area contributed by atoms with E-state index in [0.717, 1.165) is 16.9 Å². The van der Waals surface area contributed by atoms with Gasteiger partial charge in [0.05, 0.1) is 24.2 Å². The van der Waals surface area contributed by atoms with E-state index < -0.39 is 5.97 Å². The molecule has 0 amide bonds. The SMILES string of the molecule is CC=C[C@H](CC(=O)O)c1ccc(OCc2ccc3cnn(C4CCCC4)c3c2)cc1. The number of carboxylic acids is 1. The lowest BCUT2D eigenvalue weighted by Crippen LogP contribution is -2.06. The zero-order valence-electron chi connectivity index (χ0n) is 17.3. The molecule has 4 rings (SSSR count). The Balaban J connectivity index is 1.44. The molecule has 1 heterocycles. The fourth-order valence-corrected chi connectivity index (χ4v) is 4.31. The third kappa shape index (κ3) is 4.56. The highest BCUT2D eigenvalue weighted by molar-refractivity contribution is 5.79. The summed E-state index contributed by atoms with van der Waals surface area (Å²) in [4.78, 5) is 11.1. The first-order valence-corrected chi connectivity index (χ1v) is 10.7. The Morgan fingerprint density at radius 3 is 2.70 bits per heavy atom. The molecule has 1 N–H and O–H groups in total. The number of hydrogen-bond acceptors (Lipinski definition) is 3. The highest BCUT2D eigenvalue weighted by Crippen LogP contribution is 2.32. The van der Waals surface area contributed by atoms with Crippen LogP contribution in [0, 0.1) is 0 Å². The van der Waals surface area contributed by atoms with Crippen LogP contribution in [0.4, 0.5) is 0 Å². The van der Waals surface area contributed by atoms with Crippen LogP contribution in [0.25, 0.3) is 10.9 Å². The normalized spacial score (nSPS) is 15.8. The van der Waals surface area contributed by atoms with E-state index in [1.165, 1.54) is 36.6 Å². The van der Waals surface area contributed by atoms with Gasteiger partial charge >= 0.3 is 5.97 Å². The number of fused-ring (bicyclic) bond motifs is 1. The van der Waals surface area contributed by atoms with Crippen LogP contribution in [-0.4, -0.2) is 20.9 Å². The number of allylic oxidation sites excluding steroid dienone is 2. The molecule has 5 heteroatoms. The summed E-state index contributed by atoms with van der Waals surface area (Å²) in [6.07, 6.45) is 10.8. The summed E-state index contributed by atoms with van der Waals surface area (Å²) < 4.78 is 8.18. The Kier molecular flexibility index (Phi) is 6.17. The first-order chi connectivity index (χ1) is 14.6. The molecule has 3 aromatic rings. The molecule has 1 fully saturated rings. The third-order valence-electron chi connectivity index (χ3n) is 5.87. The second-order valence-electron chi connectivity index (χ2n) is 8.01. The molecule has 0 radical (unpaired) electrons. The Hall–Kier alpha value is -3.08.